The molecule has 5 atom stereocenters. The maximum absolute atomic E-state index is 13.8. The number of methoxy groups -OCH3 is 1. The Kier molecular flexibility index (Phi) is 6.21. The average molecular weight is 470 g/mol. The van der Waals surface area contributed by atoms with Crippen LogP contribution in [0.25, 0.3) is 0 Å². The van der Waals surface area contributed by atoms with Crippen molar-refractivity contribution in [3.05, 3.63) is 35.9 Å². The van der Waals surface area contributed by atoms with Gasteiger partial charge in [-0.2, -0.15) is 0 Å². The van der Waals surface area contributed by atoms with Crippen molar-refractivity contribution >= 4 is 23.7 Å². The summed E-state index contributed by atoms with van der Waals surface area (Å²) in [5, 5.41) is 5.60. The molecule has 2 N–H and O–H groups in total. The van der Waals surface area contributed by atoms with Crippen molar-refractivity contribution in [3.8, 4) is 0 Å². The van der Waals surface area contributed by atoms with Crippen LogP contribution in [0.2, 0.25) is 0 Å². The number of ether oxygens (including phenoxy) is 1. The normalized spacial score (nSPS) is 28.0. The van der Waals surface area contributed by atoms with E-state index in [4.69, 9.17) is 4.74 Å². The number of likely N-dealkylation sites (tertiary alicyclic amines) is 1. The number of esters is 1. The van der Waals surface area contributed by atoms with Gasteiger partial charge in [0, 0.05) is 19.0 Å². The Morgan fingerprint density at radius 3 is 2.50 bits per heavy atom. The van der Waals surface area contributed by atoms with Crippen LogP contribution in [0.4, 0.5) is 0 Å². The molecule has 2 saturated heterocycles. The van der Waals surface area contributed by atoms with Crippen LogP contribution in [0.3, 0.4) is 0 Å². The zero-order chi connectivity index (χ0) is 24.8. The highest BCUT2D eigenvalue weighted by Crippen LogP contribution is 2.65. The molecule has 1 aliphatic carbocycles. The fourth-order valence-corrected chi connectivity index (χ4v) is 5.90. The Morgan fingerprint density at radius 2 is 1.91 bits per heavy atom. The maximum atomic E-state index is 13.8. The zero-order valence-corrected chi connectivity index (χ0v) is 20.6. The molecule has 3 aliphatic rings. The van der Waals surface area contributed by atoms with E-state index in [-0.39, 0.29) is 47.3 Å². The van der Waals surface area contributed by atoms with E-state index in [2.05, 4.69) is 24.5 Å². The lowest BCUT2D eigenvalue weighted by Gasteiger charge is -2.36. The summed E-state index contributed by atoms with van der Waals surface area (Å²) in [6, 6.07) is 7.96. The van der Waals surface area contributed by atoms with Crippen molar-refractivity contribution in [2.45, 2.75) is 58.0 Å². The highest BCUT2D eigenvalue weighted by atomic mass is 16.5. The number of fused-ring (bicyclic) bond motifs is 1. The number of piperidine rings is 1. The van der Waals surface area contributed by atoms with Gasteiger partial charge in [-0.1, -0.05) is 44.2 Å². The molecule has 4 rings (SSSR count). The van der Waals surface area contributed by atoms with Crippen LogP contribution >= 0.6 is 0 Å². The van der Waals surface area contributed by atoms with Gasteiger partial charge in [0.2, 0.25) is 17.7 Å². The number of nitrogens with zero attached hydrogens (tertiary/aromatic N) is 1. The molecule has 8 nitrogen and oxygen atoms in total. The summed E-state index contributed by atoms with van der Waals surface area (Å²) in [6.07, 6.45) is 0.789. The second-order valence-corrected chi connectivity index (χ2v) is 10.9. The lowest BCUT2D eigenvalue weighted by atomic mass is 9.82. The smallest absolute Gasteiger partial charge is 0.328 e. The molecule has 2 aliphatic heterocycles. The largest absolute Gasteiger partial charge is 0.467 e. The molecular weight excluding hydrogens is 434 g/mol. The second kappa shape index (κ2) is 8.71. The van der Waals surface area contributed by atoms with Crippen LogP contribution in [0.15, 0.2) is 30.3 Å². The van der Waals surface area contributed by atoms with Crippen molar-refractivity contribution in [2.24, 2.45) is 23.2 Å². The van der Waals surface area contributed by atoms with Gasteiger partial charge in [-0.25, -0.2) is 4.79 Å². The van der Waals surface area contributed by atoms with Crippen molar-refractivity contribution in [1.82, 2.24) is 15.5 Å². The summed E-state index contributed by atoms with van der Waals surface area (Å²) in [5.74, 6) is -1.26. The monoisotopic (exact) mass is 469 g/mol. The number of carbonyl (C=O) groups is 4. The molecule has 1 aromatic carbocycles. The van der Waals surface area contributed by atoms with E-state index in [0.29, 0.717) is 19.5 Å². The second-order valence-electron chi connectivity index (χ2n) is 10.9. The zero-order valence-electron chi connectivity index (χ0n) is 20.6. The first-order chi connectivity index (χ1) is 16.0. The molecule has 0 bridgehead atoms. The van der Waals surface area contributed by atoms with Gasteiger partial charge in [0.15, 0.2) is 0 Å². The number of hydrogen-bond acceptors (Lipinski definition) is 5. The minimum Gasteiger partial charge on any atom is -0.467 e. The molecule has 34 heavy (non-hydrogen) atoms. The van der Waals surface area contributed by atoms with E-state index in [9.17, 15) is 19.2 Å². The van der Waals surface area contributed by atoms with E-state index in [0.717, 1.165) is 5.56 Å². The summed E-state index contributed by atoms with van der Waals surface area (Å²) in [4.78, 5) is 53.6. The van der Waals surface area contributed by atoms with Crippen molar-refractivity contribution in [3.63, 3.8) is 0 Å². The lowest BCUT2D eigenvalue weighted by Crippen LogP contribution is -2.56. The summed E-state index contributed by atoms with van der Waals surface area (Å²) in [5.41, 5.74) is 0.0327. The van der Waals surface area contributed by atoms with Crippen molar-refractivity contribution in [1.29, 1.82) is 0 Å². The van der Waals surface area contributed by atoms with Gasteiger partial charge in [0.05, 0.1) is 12.5 Å². The first kappa shape index (κ1) is 24.2. The molecule has 0 spiro atoms. The summed E-state index contributed by atoms with van der Waals surface area (Å²) in [6.45, 7) is 9.07. The van der Waals surface area contributed by atoms with Crippen LogP contribution in [0, 0.1) is 23.2 Å². The van der Waals surface area contributed by atoms with Gasteiger partial charge in [-0.15, -0.1) is 0 Å². The van der Waals surface area contributed by atoms with Crippen LogP contribution in [0.1, 0.15) is 46.1 Å². The fourth-order valence-electron chi connectivity index (χ4n) is 5.90. The van der Waals surface area contributed by atoms with Crippen LogP contribution in [-0.2, 0) is 29.3 Å². The Labute approximate surface area is 200 Å². The Bertz CT molecular complexity index is 989. The van der Waals surface area contributed by atoms with Gasteiger partial charge in [0.1, 0.15) is 12.1 Å². The van der Waals surface area contributed by atoms with Crippen LogP contribution in [-0.4, -0.2) is 60.9 Å². The molecule has 184 valence electrons. The topological polar surface area (TPSA) is 105 Å². The third-order valence-electron chi connectivity index (χ3n) is 8.25. The average Bonchev–Trinajstić information content (AvgIpc) is 3.16. The molecule has 8 heteroatoms. The lowest BCUT2D eigenvalue weighted by molar-refractivity contribution is -0.148. The number of carbonyl (C=O) groups excluding carboxylic acids is 4. The van der Waals surface area contributed by atoms with E-state index < -0.39 is 23.5 Å². The number of benzene rings is 1. The van der Waals surface area contributed by atoms with Gasteiger partial charge in [-0.05, 0) is 49.5 Å². The third kappa shape index (κ3) is 4.07. The first-order valence-electron chi connectivity index (χ1n) is 12.0. The summed E-state index contributed by atoms with van der Waals surface area (Å²) < 4.78 is 4.92. The predicted molar refractivity (Wildman–Crippen MR) is 125 cm³/mol. The number of amides is 3. The summed E-state index contributed by atoms with van der Waals surface area (Å²) >= 11 is 0. The molecular formula is C26H35N3O5. The van der Waals surface area contributed by atoms with E-state index >= 15 is 0 Å². The van der Waals surface area contributed by atoms with Gasteiger partial charge in [-0.3, -0.25) is 14.4 Å². The summed E-state index contributed by atoms with van der Waals surface area (Å²) in [7, 11) is 1.27. The highest BCUT2D eigenvalue weighted by molar-refractivity contribution is 5.95. The molecule has 0 aromatic heterocycles. The minimum absolute atomic E-state index is 0.0242. The molecule has 1 aromatic rings. The van der Waals surface area contributed by atoms with Crippen molar-refractivity contribution < 1.29 is 23.9 Å². The maximum Gasteiger partial charge on any atom is 0.328 e. The number of hydrogen-bond donors (Lipinski definition) is 2. The highest BCUT2D eigenvalue weighted by Gasteiger charge is 2.70. The molecule has 2 heterocycles. The Hall–Kier alpha value is -2.90. The van der Waals surface area contributed by atoms with E-state index in [1.807, 2.05) is 44.2 Å². The van der Waals surface area contributed by atoms with E-state index in [1.165, 1.54) is 7.11 Å². The van der Waals surface area contributed by atoms with Gasteiger partial charge in [0.25, 0.3) is 0 Å². The van der Waals surface area contributed by atoms with Crippen LogP contribution < -0.4 is 10.6 Å². The van der Waals surface area contributed by atoms with Gasteiger partial charge >= 0.3 is 5.97 Å². The first-order valence-corrected chi connectivity index (χ1v) is 12.0. The van der Waals surface area contributed by atoms with Crippen LogP contribution in [0.5, 0.6) is 0 Å². The molecule has 3 amide bonds. The minimum atomic E-state index is -0.939. The molecule has 0 radical (unpaired) electrons. The fraction of sp³-hybridized carbons (Fsp3) is 0.615. The SMILES string of the molecule is COC(=O)[C@H](C[C@@H]1CCNC1=O)NC(=O)[C@@H]1[C@@H]2[C@H](CN1C(=O)C(C)(C)c1ccccc1)C2(C)C. The van der Waals surface area contributed by atoms with Crippen molar-refractivity contribution in [2.75, 3.05) is 20.2 Å². The molecule has 3 fully saturated rings. The van der Waals surface area contributed by atoms with E-state index in [1.54, 1.807) is 4.90 Å². The number of nitrogens with one attached hydrogen (secondary N) is 2. The quantitative estimate of drug-likeness (QED) is 0.591. The molecule has 0 unspecified atom stereocenters. The Balaban J connectivity index is 1.56. The number of rotatable bonds is 7. The Morgan fingerprint density at radius 1 is 1.24 bits per heavy atom. The molecule has 1 saturated carbocycles. The van der Waals surface area contributed by atoms with Gasteiger partial charge < -0.3 is 20.3 Å². The standard InChI is InChI=1S/C26H35N3O5/c1-25(2,16-9-7-6-8-10-16)24(33)29-14-17-19(26(17,3)4)20(29)22(31)28-18(23(32)34-5)13-15-11-12-27-21(15)30/h6-10,15,17-20H,11-14H2,1-5H3,(H,27,30)(H,28,31)/t15-,17-,18-,19-,20-/m0/s1. The third-order valence-corrected chi connectivity index (χ3v) is 8.25. The predicted octanol–water partition coefficient (Wildman–Crippen LogP) is 1.63.